The second-order valence-electron chi connectivity index (χ2n) is 8.15. The van der Waals surface area contributed by atoms with Crippen LogP contribution in [0, 0.1) is 6.92 Å². The highest BCUT2D eigenvalue weighted by atomic mass is 16.5. The molecule has 172 valence electrons. The first kappa shape index (κ1) is 22.5. The lowest BCUT2D eigenvalue weighted by atomic mass is 10.1. The van der Waals surface area contributed by atoms with Gasteiger partial charge in [-0.3, -0.25) is 9.59 Å². The van der Waals surface area contributed by atoms with Gasteiger partial charge in [0.1, 0.15) is 11.6 Å². The number of nitrogens with one attached hydrogen (secondary N) is 1. The number of amides is 2. The van der Waals surface area contributed by atoms with Crippen molar-refractivity contribution < 1.29 is 14.3 Å². The van der Waals surface area contributed by atoms with Crippen LogP contribution in [0.15, 0.2) is 47.6 Å². The van der Waals surface area contributed by atoms with Crippen LogP contribution in [-0.2, 0) is 11.3 Å². The number of hydrogen-bond acceptors (Lipinski definition) is 5. The van der Waals surface area contributed by atoms with Crippen molar-refractivity contribution in [2.75, 3.05) is 19.7 Å². The van der Waals surface area contributed by atoms with Crippen LogP contribution >= 0.6 is 0 Å². The zero-order chi connectivity index (χ0) is 23.4. The summed E-state index contributed by atoms with van der Waals surface area (Å²) in [5.41, 5.74) is 6.44. The molecule has 2 heterocycles. The summed E-state index contributed by atoms with van der Waals surface area (Å²) in [6, 6.07) is 12.8. The molecule has 1 fully saturated rings. The molecular formula is C25H29N5O3. The molecule has 0 saturated carbocycles. The SMILES string of the molecule is CCn1c(C)nc2cc(C(=O)NN=C(C)c3ccc(OCC(=O)N4CCCC4)cc3)ccc21. The molecule has 1 aromatic heterocycles. The van der Waals surface area contributed by atoms with Gasteiger partial charge in [-0.05, 0) is 81.6 Å². The number of aromatic nitrogens is 2. The van der Waals surface area contributed by atoms with E-state index in [9.17, 15) is 9.59 Å². The van der Waals surface area contributed by atoms with E-state index in [1.54, 1.807) is 24.3 Å². The van der Waals surface area contributed by atoms with Gasteiger partial charge in [0.15, 0.2) is 6.61 Å². The van der Waals surface area contributed by atoms with Crippen molar-refractivity contribution in [3.05, 3.63) is 59.4 Å². The molecule has 0 spiro atoms. The number of fused-ring (bicyclic) bond motifs is 1. The smallest absolute Gasteiger partial charge is 0.271 e. The van der Waals surface area contributed by atoms with E-state index in [0.717, 1.165) is 54.9 Å². The number of ether oxygens (including phenoxy) is 1. The summed E-state index contributed by atoms with van der Waals surface area (Å²) in [6.07, 6.45) is 2.13. The molecule has 0 unspecified atom stereocenters. The van der Waals surface area contributed by atoms with Gasteiger partial charge in [-0.2, -0.15) is 5.10 Å². The average molecular weight is 448 g/mol. The Labute approximate surface area is 193 Å². The Bertz CT molecular complexity index is 1190. The summed E-state index contributed by atoms with van der Waals surface area (Å²) in [5, 5.41) is 4.24. The fourth-order valence-corrected chi connectivity index (χ4v) is 4.05. The van der Waals surface area contributed by atoms with E-state index >= 15 is 0 Å². The highest BCUT2D eigenvalue weighted by Crippen LogP contribution is 2.18. The van der Waals surface area contributed by atoms with Crippen LogP contribution in [0.5, 0.6) is 5.75 Å². The molecule has 1 aliphatic heterocycles. The molecular weight excluding hydrogens is 418 g/mol. The predicted octanol–water partition coefficient (Wildman–Crippen LogP) is 3.52. The number of likely N-dealkylation sites (tertiary alicyclic amines) is 1. The number of imidazole rings is 1. The number of hydrogen-bond donors (Lipinski definition) is 1. The Morgan fingerprint density at radius 1 is 1.09 bits per heavy atom. The third-order valence-corrected chi connectivity index (χ3v) is 5.94. The van der Waals surface area contributed by atoms with Crippen LogP contribution in [0.1, 0.15) is 48.4 Å². The summed E-state index contributed by atoms with van der Waals surface area (Å²) >= 11 is 0. The number of carbonyl (C=O) groups excluding carboxylic acids is 2. The number of hydrazone groups is 1. The zero-order valence-electron chi connectivity index (χ0n) is 19.3. The van der Waals surface area contributed by atoms with Gasteiger partial charge >= 0.3 is 0 Å². The summed E-state index contributed by atoms with van der Waals surface area (Å²) in [5.74, 6) is 1.28. The Balaban J connectivity index is 1.35. The van der Waals surface area contributed by atoms with Crippen LogP contribution in [0.3, 0.4) is 0 Å². The fourth-order valence-electron chi connectivity index (χ4n) is 4.05. The molecule has 1 N–H and O–H groups in total. The molecule has 3 aromatic rings. The highest BCUT2D eigenvalue weighted by Gasteiger charge is 2.18. The number of nitrogens with zero attached hydrogens (tertiary/aromatic N) is 4. The molecule has 8 heteroatoms. The van der Waals surface area contributed by atoms with E-state index in [2.05, 4.69) is 27.0 Å². The van der Waals surface area contributed by atoms with Crippen LogP contribution in [0.25, 0.3) is 11.0 Å². The second kappa shape index (κ2) is 9.85. The minimum Gasteiger partial charge on any atom is -0.484 e. The zero-order valence-corrected chi connectivity index (χ0v) is 19.3. The van der Waals surface area contributed by atoms with E-state index in [1.807, 2.05) is 36.9 Å². The predicted molar refractivity (Wildman–Crippen MR) is 128 cm³/mol. The van der Waals surface area contributed by atoms with Crippen molar-refractivity contribution in [3.8, 4) is 5.75 Å². The fraction of sp³-hybridized carbons (Fsp3) is 0.360. The molecule has 1 saturated heterocycles. The van der Waals surface area contributed by atoms with Crippen molar-refractivity contribution in [2.45, 2.75) is 40.2 Å². The number of carbonyl (C=O) groups is 2. The van der Waals surface area contributed by atoms with E-state index < -0.39 is 0 Å². The molecule has 33 heavy (non-hydrogen) atoms. The molecule has 1 aliphatic rings. The van der Waals surface area contributed by atoms with Crippen LogP contribution in [0.4, 0.5) is 0 Å². The topological polar surface area (TPSA) is 88.8 Å². The van der Waals surface area contributed by atoms with Gasteiger partial charge in [-0.15, -0.1) is 0 Å². The van der Waals surface area contributed by atoms with Crippen LogP contribution in [-0.4, -0.2) is 51.7 Å². The molecule has 4 rings (SSSR count). The monoisotopic (exact) mass is 447 g/mol. The second-order valence-corrected chi connectivity index (χ2v) is 8.15. The highest BCUT2D eigenvalue weighted by molar-refractivity contribution is 6.01. The Kier molecular flexibility index (Phi) is 6.72. The number of benzene rings is 2. The van der Waals surface area contributed by atoms with E-state index in [0.29, 0.717) is 17.0 Å². The van der Waals surface area contributed by atoms with Crippen molar-refractivity contribution in [1.82, 2.24) is 19.9 Å². The Morgan fingerprint density at radius 2 is 1.79 bits per heavy atom. The van der Waals surface area contributed by atoms with Gasteiger partial charge in [0.2, 0.25) is 0 Å². The Morgan fingerprint density at radius 3 is 2.48 bits per heavy atom. The van der Waals surface area contributed by atoms with Gasteiger partial charge in [0, 0.05) is 25.2 Å². The Hall–Kier alpha value is -3.68. The summed E-state index contributed by atoms with van der Waals surface area (Å²) in [7, 11) is 0. The summed E-state index contributed by atoms with van der Waals surface area (Å²) in [6.45, 7) is 8.36. The minimum absolute atomic E-state index is 0.0202. The maximum Gasteiger partial charge on any atom is 0.271 e. The molecule has 8 nitrogen and oxygen atoms in total. The van der Waals surface area contributed by atoms with Gasteiger partial charge in [-0.25, -0.2) is 10.4 Å². The quantitative estimate of drug-likeness (QED) is 0.443. The molecule has 0 atom stereocenters. The van der Waals surface area contributed by atoms with Crippen LogP contribution < -0.4 is 10.2 Å². The first-order valence-electron chi connectivity index (χ1n) is 11.3. The first-order valence-corrected chi connectivity index (χ1v) is 11.3. The lowest BCUT2D eigenvalue weighted by molar-refractivity contribution is -0.132. The molecule has 0 bridgehead atoms. The first-order chi connectivity index (χ1) is 16.0. The maximum atomic E-state index is 12.6. The van der Waals surface area contributed by atoms with Gasteiger partial charge in [-0.1, -0.05) is 0 Å². The van der Waals surface area contributed by atoms with Crippen molar-refractivity contribution in [1.29, 1.82) is 0 Å². The van der Waals surface area contributed by atoms with Crippen molar-refractivity contribution in [3.63, 3.8) is 0 Å². The molecule has 2 amide bonds. The summed E-state index contributed by atoms with van der Waals surface area (Å²) < 4.78 is 7.72. The third-order valence-electron chi connectivity index (χ3n) is 5.94. The van der Waals surface area contributed by atoms with E-state index in [1.165, 1.54) is 0 Å². The largest absolute Gasteiger partial charge is 0.484 e. The number of aryl methyl sites for hydroxylation is 2. The average Bonchev–Trinajstić information content (AvgIpc) is 3.48. The van der Waals surface area contributed by atoms with Gasteiger partial charge < -0.3 is 14.2 Å². The molecule has 0 radical (unpaired) electrons. The van der Waals surface area contributed by atoms with E-state index in [4.69, 9.17) is 4.74 Å². The maximum absolute atomic E-state index is 12.6. The minimum atomic E-state index is -0.291. The lowest BCUT2D eigenvalue weighted by Crippen LogP contribution is -2.32. The lowest BCUT2D eigenvalue weighted by Gasteiger charge is -2.15. The van der Waals surface area contributed by atoms with E-state index in [-0.39, 0.29) is 18.4 Å². The standard InChI is InChI=1S/C25H29N5O3/c1-4-30-18(3)26-22-15-20(9-12-23(22)30)25(32)28-27-17(2)19-7-10-21(11-8-19)33-16-24(31)29-13-5-6-14-29/h7-12,15H,4-6,13-14,16H2,1-3H3,(H,28,32). The van der Waals surface area contributed by atoms with Crippen molar-refractivity contribution >= 4 is 28.6 Å². The summed E-state index contributed by atoms with van der Waals surface area (Å²) in [4.78, 5) is 31.1. The third kappa shape index (κ3) is 5.05. The van der Waals surface area contributed by atoms with Crippen molar-refractivity contribution in [2.24, 2.45) is 5.10 Å². The number of rotatable bonds is 7. The molecule has 2 aromatic carbocycles. The van der Waals surface area contributed by atoms with Crippen LogP contribution in [0.2, 0.25) is 0 Å². The molecule has 0 aliphatic carbocycles. The normalized spacial score (nSPS) is 14.0. The van der Waals surface area contributed by atoms with Gasteiger partial charge in [0.05, 0.1) is 16.7 Å². The van der Waals surface area contributed by atoms with Gasteiger partial charge in [0.25, 0.3) is 11.8 Å².